The molecule has 0 radical (unpaired) electrons. The molecule has 0 aliphatic heterocycles. The van der Waals surface area contributed by atoms with Crippen LogP contribution >= 0.6 is 11.6 Å². The number of anilines is 2. The normalized spacial score (nSPS) is 10.0. The molecule has 2 rings (SSSR count). The summed E-state index contributed by atoms with van der Waals surface area (Å²) in [6.45, 7) is 0. The van der Waals surface area contributed by atoms with Gasteiger partial charge in [0.2, 0.25) is 0 Å². The van der Waals surface area contributed by atoms with Gasteiger partial charge in [0.1, 0.15) is 18.0 Å². The van der Waals surface area contributed by atoms with E-state index in [9.17, 15) is 4.39 Å². The monoisotopic (exact) mass is 223 g/mol. The van der Waals surface area contributed by atoms with Crippen molar-refractivity contribution in [3.05, 3.63) is 47.6 Å². The Morgan fingerprint density at radius 2 is 2.13 bits per heavy atom. The van der Waals surface area contributed by atoms with Crippen LogP contribution in [0.4, 0.5) is 15.9 Å². The summed E-state index contributed by atoms with van der Waals surface area (Å²) in [6, 6.07) is 5.76. The number of hydrogen-bond donors (Lipinski definition) is 1. The van der Waals surface area contributed by atoms with Crippen LogP contribution in [0.15, 0.2) is 36.8 Å². The third kappa shape index (κ3) is 2.41. The van der Waals surface area contributed by atoms with Gasteiger partial charge in [-0.25, -0.2) is 14.4 Å². The first kappa shape index (κ1) is 9.86. The molecule has 0 saturated heterocycles. The van der Waals surface area contributed by atoms with Crippen molar-refractivity contribution in [3.63, 3.8) is 0 Å². The molecule has 0 atom stereocenters. The molecule has 1 heterocycles. The highest BCUT2D eigenvalue weighted by atomic mass is 35.5. The molecule has 1 aromatic carbocycles. The molecule has 0 amide bonds. The van der Waals surface area contributed by atoms with Crippen molar-refractivity contribution < 1.29 is 4.39 Å². The summed E-state index contributed by atoms with van der Waals surface area (Å²) in [5, 5.41) is 3.33. The molecule has 5 heteroatoms. The van der Waals surface area contributed by atoms with Crippen molar-refractivity contribution in [3.8, 4) is 0 Å². The summed E-state index contributed by atoms with van der Waals surface area (Å²) in [7, 11) is 0. The van der Waals surface area contributed by atoms with Gasteiger partial charge in [0.05, 0.1) is 10.7 Å². The molecule has 1 aromatic heterocycles. The van der Waals surface area contributed by atoms with Crippen LogP contribution in [-0.2, 0) is 0 Å². The van der Waals surface area contributed by atoms with Crippen molar-refractivity contribution in [1.82, 2.24) is 9.97 Å². The van der Waals surface area contributed by atoms with Crippen molar-refractivity contribution in [1.29, 1.82) is 0 Å². The molecule has 0 bridgehead atoms. The van der Waals surface area contributed by atoms with Crippen molar-refractivity contribution in [2.75, 3.05) is 5.32 Å². The lowest BCUT2D eigenvalue weighted by Crippen LogP contribution is -1.94. The van der Waals surface area contributed by atoms with E-state index >= 15 is 0 Å². The van der Waals surface area contributed by atoms with Crippen LogP contribution in [0.25, 0.3) is 0 Å². The summed E-state index contributed by atoms with van der Waals surface area (Å²) in [5.74, 6) is 0.216. The minimum absolute atomic E-state index is 0.351. The van der Waals surface area contributed by atoms with Gasteiger partial charge in [0.15, 0.2) is 0 Å². The second-order valence-corrected chi connectivity index (χ2v) is 3.25. The fourth-order valence-electron chi connectivity index (χ4n) is 1.10. The third-order valence-corrected chi connectivity index (χ3v) is 2.10. The van der Waals surface area contributed by atoms with E-state index in [-0.39, 0.29) is 5.82 Å². The molecule has 0 fully saturated rings. The van der Waals surface area contributed by atoms with Gasteiger partial charge in [0.25, 0.3) is 0 Å². The predicted octanol–water partition coefficient (Wildman–Crippen LogP) is 3.01. The van der Waals surface area contributed by atoms with Crippen LogP contribution in [0.2, 0.25) is 5.02 Å². The van der Waals surface area contributed by atoms with E-state index in [1.165, 1.54) is 24.5 Å². The number of nitrogens with zero attached hydrogens (tertiary/aromatic N) is 2. The van der Waals surface area contributed by atoms with Crippen molar-refractivity contribution in [2.45, 2.75) is 0 Å². The molecule has 3 nitrogen and oxygen atoms in total. The molecule has 0 aliphatic carbocycles. The first-order valence-electron chi connectivity index (χ1n) is 4.24. The number of aromatic nitrogens is 2. The Bertz CT molecular complexity index is 461. The van der Waals surface area contributed by atoms with Gasteiger partial charge in [-0.15, -0.1) is 0 Å². The second-order valence-electron chi connectivity index (χ2n) is 2.84. The number of hydrogen-bond acceptors (Lipinski definition) is 3. The van der Waals surface area contributed by atoms with Gasteiger partial charge in [-0.3, -0.25) is 0 Å². The van der Waals surface area contributed by atoms with Gasteiger partial charge in [0, 0.05) is 6.20 Å². The zero-order chi connectivity index (χ0) is 10.7. The fourth-order valence-corrected chi connectivity index (χ4v) is 1.26. The summed E-state index contributed by atoms with van der Waals surface area (Å²) in [6.07, 6.45) is 2.98. The van der Waals surface area contributed by atoms with Crippen molar-refractivity contribution >= 4 is 23.1 Å². The summed E-state index contributed by atoms with van der Waals surface area (Å²) in [4.78, 5) is 7.71. The Labute approximate surface area is 90.9 Å². The summed E-state index contributed by atoms with van der Waals surface area (Å²) in [5.41, 5.74) is 0.482. The number of halogens is 2. The molecule has 0 saturated carbocycles. The SMILES string of the molecule is Fc1ccc(Cl)c(Nc2ccncn2)c1. The predicted molar refractivity (Wildman–Crippen MR) is 56.7 cm³/mol. The number of benzene rings is 1. The first-order valence-corrected chi connectivity index (χ1v) is 4.61. The minimum atomic E-state index is -0.351. The highest BCUT2D eigenvalue weighted by Crippen LogP contribution is 2.24. The standard InChI is InChI=1S/C10H7ClFN3/c11-8-2-1-7(12)5-9(8)15-10-3-4-13-6-14-10/h1-6H,(H,13,14,15). The van der Waals surface area contributed by atoms with Crippen LogP contribution in [0.3, 0.4) is 0 Å². The molecule has 15 heavy (non-hydrogen) atoms. The quantitative estimate of drug-likeness (QED) is 0.851. The van der Waals surface area contributed by atoms with Crippen LogP contribution in [0.1, 0.15) is 0 Å². The van der Waals surface area contributed by atoms with E-state index in [0.717, 1.165) is 0 Å². The van der Waals surface area contributed by atoms with Crippen LogP contribution in [0.5, 0.6) is 0 Å². The van der Waals surface area contributed by atoms with Gasteiger partial charge in [-0.05, 0) is 24.3 Å². The van der Waals surface area contributed by atoms with E-state index in [4.69, 9.17) is 11.6 Å². The Kier molecular flexibility index (Phi) is 2.78. The largest absolute Gasteiger partial charge is 0.339 e. The Hall–Kier alpha value is -1.68. The third-order valence-electron chi connectivity index (χ3n) is 1.77. The van der Waals surface area contributed by atoms with E-state index in [0.29, 0.717) is 16.5 Å². The highest BCUT2D eigenvalue weighted by molar-refractivity contribution is 6.33. The molecule has 0 aliphatic rings. The van der Waals surface area contributed by atoms with Crippen molar-refractivity contribution in [2.24, 2.45) is 0 Å². The second kappa shape index (κ2) is 4.23. The van der Waals surface area contributed by atoms with E-state index in [2.05, 4.69) is 15.3 Å². The molecule has 1 N–H and O–H groups in total. The molecule has 2 aromatic rings. The smallest absolute Gasteiger partial charge is 0.133 e. The Morgan fingerprint density at radius 3 is 2.87 bits per heavy atom. The van der Waals surface area contributed by atoms with E-state index in [1.54, 1.807) is 12.3 Å². The molecule has 76 valence electrons. The highest BCUT2D eigenvalue weighted by Gasteiger charge is 2.02. The zero-order valence-electron chi connectivity index (χ0n) is 7.61. The lowest BCUT2D eigenvalue weighted by Gasteiger charge is -2.06. The van der Waals surface area contributed by atoms with E-state index < -0.39 is 0 Å². The molecule has 0 unspecified atom stereocenters. The Balaban J connectivity index is 2.28. The molecular weight excluding hydrogens is 217 g/mol. The first-order chi connectivity index (χ1) is 7.25. The van der Waals surface area contributed by atoms with Gasteiger partial charge < -0.3 is 5.32 Å². The van der Waals surface area contributed by atoms with Crippen LogP contribution < -0.4 is 5.32 Å². The average Bonchev–Trinajstić information content (AvgIpc) is 2.25. The minimum Gasteiger partial charge on any atom is -0.339 e. The molecular formula is C10H7ClFN3. The summed E-state index contributed by atoms with van der Waals surface area (Å²) < 4.78 is 12.9. The maximum absolute atomic E-state index is 12.9. The topological polar surface area (TPSA) is 37.8 Å². The van der Waals surface area contributed by atoms with Crippen LogP contribution in [-0.4, -0.2) is 9.97 Å². The number of nitrogens with one attached hydrogen (secondary N) is 1. The lowest BCUT2D eigenvalue weighted by molar-refractivity contribution is 0.628. The van der Waals surface area contributed by atoms with Gasteiger partial charge >= 0.3 is 0 Å². The average molecular weight is 224 g/mol. The lowest BCUT2D eigenvalue weighted by atomic mass is 10.3. The zero-order valence-corrected chi connectivity index (χ0v) is 8.37. The summed E-state index contributed by atoms with van der Waals surface area (Å²) >= 11 is 5.87. The maximum Gasteiger partial charge on any atom is 0.133 e. The molecule has 0 spiro atoms. The maximum atomic E-state index is 12.9. The fraction of sp³-hybridized carbons (Fsp3) is 0. The van der Waals surface area contributed by atoms with Gasteiger partial charge in [-0.2, -0.15) is 0 Å². The van der Waals surface area contributed by atoms with Gasteiger partial charge in [-0.1, -0.05) is 11.6 Å². The Morgan fingerprint density at radius 1 is 1.27 bits per heavy atom. The van der Waals surface area contributed by atoms with Crippen LogP contribution in [0, 0.1) is 5.82 Å². The van der Waals surface area contributed by atoms with E-state index in [1.807, 2.05) is 0 Å². The number of rotatable bonds is 2.